The number of rotatable bonds is 11. The standard InChI is InChI=1S/C32H56N8.C12H25ClO.C6H6.Ca.Na.3H/c1-2-10-18-17(9-1)25-33-26(18)38-28-21-13-5-6-14-22(21)30(35-28)40-32-24-16-8-7-15-23(24)31(36-32)39-29-20-12-4-3-11-19(20)27(34-29)37-25;1-2-3-4-5-6-7-8-9-10-11-12-14-13;1-2-4-6-5-3-1;;;;;/h17-40H,1-16H2;2-12H2,1H3;1-6H;;;;;/q;;;+2;+1;3*-1. The Balaban J connectivity index is 0.000000381. The van der Waals surface area contributed by atoms with Crippen molar-refractivity contribution < 1.29 is 38.1 Å². The summed E-state index contributed by atoms with van der Waals surface area (Å²) in [5.74, 6) is 5.97. The molecule has 0 radical (unpaired) electrons. The van der Waals surface area contributed by atoms with Gasteiger partial charge in [-0.3, -0.25) is 46.8 Å². The summed E-state index contributed by atoms with van der Waals surface area (Å²) in [5, 5.41) is 33.8. The molecule has 1 aromatic rings. The van der Waals surface area contributed by atoms with E-state index in [-0.39, 0.29) is 71.6 Å². The van der Waals surface area contributed by atoms with E-state index in [1.165, 1.54) is 161 Å². The second-order valence-corrected chi connectivity index (χ2v) is 21.0. The normalized spacial score (nSPS) is 40.4. The SMILES string of the molecule is C1CCC2C3NC(NC4NC(NC5NC(NC6NC(N3)C3CCCCC63)C3CCCCC53)C3CCCCC43)C2C1.CCCCCCCCCCCCOCl.[Ca+2].[H-].[H-].[H-].[Na+].c1ccccc1. The third-order valence-electron chi connectivity index (χ3n) is 17.0. The number of hydrogen-bond donors (Lipinski definition) is 8. The molecule has 5 aliphatic heterocycles. The van der Waals surface area contributed by atoms with Crippen molar-refractivity contribution in [2.45, 2.75) is 223 Å². The molecule has 4 saturated carbocycles. The first-order valence-electron chi connectivity index (χ1n) is 26.0. The summed E-state index contributed by atoms with van der Waals surface area (Å²) in [5.41, 5.74) is 0. The summed E-state index contributed by atoms with van der Waals surface area (Å²) in [6.45, 7) is 2.97. The fraction of sp³-hybridized carbons (Fsp3) is 0.880. The van der Waals surface area contributed by atoms with Crippen molar-refractivity contribution in [1.29, 1.82) is 0 Å². The van der Waals surface area contributed by atoms with Gasteiger partial charge in [0.1, 0.15) is 0 Å². The second-order valence-electron chi connectivity index (χ2n) is 20.8. The van der Waals surface area contributed by atoms with Crippen molar-refractivity contribution in [3.63, 3.8) is 0 Å². The van der Waals surface area contributed by atoms with Crippen LogP contribution in [0.4, 0.5) is 0 Å². The molecule has 8 atom stereocenters. The second kappa shape index (κ2) is 28.2. The molecule has 12 heteroatoms. The number of benzene rings is 1. The van der Waals surface area contributed by atoms with Crippen molar-refractivity contribution >= 4 is 49.6 Å². The Kier molecular flexibility index (Phi) is 24.0. The average Bonchev–Trinajstić information content (AvgIpc) is 4.04. The zero-order chi connectivity index (χ0) is 40.9. The van der Waals surface area contributed by atoms with Crippen LogP contribution in [0.1, 0.15) is 178 Å². The van der Waals surface area contributed by atoms with E-state index in [0.29, 0.717) is 55.9 Å². The number of nitrogens with one attached hydrogen (secondary N) is 8. The summed E-state index contributed by atoms with van der Waals surface area (Å²) in [6, 6.07) is 12.0. The molecule has 9 fully saturated rings. The minimum atomic E-state index is 0. The van der Waals surface area contributed by atoms with Gasteiger partial charge in [0.25, 0.3) is 0 Å². The number of unbranched alkanes of at least 4 members (excludes halogenated alkanes) is 9. The van der Waals surface area contributed by atoms with E-state index in [1.54, 1.807) is 0 Å². The fourth-order valence-electron chi connectivity index (χ4n) is 14.0. The van der Waals surface area contributed by atoms with Gasteiger partial charge in [0.05, 0.1) is 67.8 Å². The topological polar surface area (TPSA) is 105 Å². The maximum Gasteiger partial charge on any atom is 2.00 e. The van der Waals surface area contributed by atoms with Gasteiger partial charge in [-0.25, -0.2) is 0 Å². The molecular weight excluding hydrogens is 827 g/mol. The van der Waals surface area contributed by atoms with Crippen molar-refractivity contribution in [1.82, 2.24) is 42.5 Å². The van der Waals surface area contributed by atoms with Crippen molar-refractivity contribution in [2.75, 3.05) is 6.61 Å². The van der Waals surface area contributed by atoms with Crippen molar-refractivity contribution in [2.24, 2.45) is 47.3 Å². The van der Waals surface area contributed by atoms with Crippen LogP contribution in [0.25, 0.3) is 0 Å². The Hall–Kier alpha value is 1.41. The molecule has 0 aromatic heterocycles. The molecule has 5 saturated heterocycles. The van der Waals surface area contributed by atoms with E-state index in [4.69, 9.17) is 11.9 Å². The Morgan fingerprint density at radius 1 is 0.371 bits per heavy atom. The number of fused-ring (bicyclic) bond motifs is 20. The van der Waals surface area contributed by atoms with E-state index in [2.05, 4.69) is 53.7 Å². The fourth-order valence-corrected chi connectivity index (χ4v) is 14.1. The molecule has 4 aliphatic carbocycles. The molecule has 9 nitrogen and oxygen atoms in total. The molecule has 8 unspecified atom stereocenters. The Bertz CT molecular complexity index is 1130. The summed E-state index contributed by atoms with van der Waals surface area (Å²) in [4.78, 5) is 0. The van der Waals surface area contributed by atoms with Crippen LogP contribution >= 0.6 is 11.9 Å². The van der Waals surface area contributed by atoms with Crippen molar-refractivity contribution in [3.8, 4) is 0 Å². The van der Waals surface area contributed by atoms with Gasteiger partial charge < -0.3 is 4.28 Å². The monoisotopic (exact) mass is 917 g/mol. The smallest absolute Gasteiger partial charge is 1.00 e. The van der Waals surface area contributed by atoms with Gasteiger partial charge in [-0.2, -0.15) is 0 Å². The molecular formula is C50H90CaClN8NaO. The van der Waals surface area contributed by atoms with Crippen LogP contribution in [-0.4, -0.2) is 93.7 Å². The Morgan fingerprint density at radius 2 is 0.565 bits per heavy atom. The van der Waals surface area contributed by atoms with E-state index in [0.717, 1.165) is 53.8 Å². The molecule has 8 bridgehead atoms. The first-order valence-corrected chi connectivity index (χ1v) is 26.3. The quantitative estimate of drug-likeness (QED) is 0.0957. The van der Waals surface area contributed by atoms with Crippen LogP contribution in [0.2, 0.25) is 0 Å². The largest absolute Gasteiger partial charge is 2.00 e. The molecule has 0 amide bonds. The summed E-state index contributed by atoms with van der Waals surface area (Å²) >= 11 is 5.11. The van der Waals surface area contributed by atoms with E-state index in [1.807, 2.05) is 36.4 Å². The van der Waals surface area contributed by atoms with Gasteiger partial charge in [0, 0.05) is 0 Å². The number of hydrogen-bond acceptors (Lipinski definition) is 9. The molecule has 8 N–H and O–H groups in total. The van der Waals surface area contributed by atoms with E-state index >= 15 is 0 Å². The van der Waals surface area contributed by atoms with Gasteiger partial charge in [0.2, 0.25) is 0 Å². The van der Waals surface area contributed by atoms with Gasteiger partial charge in [-0.15, -0.1) is 0 Å². The Morgan fingerprint density at radius 3 is 0.758 bits per heavy atom. The van der Waals surface area contributed by atoms with Crippen LogP contribution in [0, 0.1) is 47.3 Å². The maximum absolute atomic E-state index is 5.11. The van der Waals surface area contributed by atoms with Crippen LogP contribution in [0.3, 0.4) is 0 Å². The molecule has 9 aliphatic rings. The van der Waals surface area contributed by atoms with Gasteiger partial charge in [-0.05, 0) is 105 Å². The van der Waals surface area contributed by atoms with Gasteiger partial charge in [0.15, 0.2) is 0 Å². The summed E-state index contributed by atoms with van der Waals surface area (Å²) in [6.07, 6.45) is 39.1. The maximum atomic E-state index is 5.11. The zero-order valence-electron chi connectivity index (χ0n) is 42.3. The van der Waals surface area contributed by atoms with Crippen LogP contribution in [0.15, 0.2) is 36.4 Å². The minimum Gasteiger partial charge on any atom is -1.00 e. The summed E-state index contributed by atoms with van der Waals surface area (Å²) in [7, 11) is 0. The third-order valence-corrected chi connectivity index (χ3v) is 17.2. The van der Waals surface area contributed by atoms with Gasteiger partial charge in [-0.1, -0.05) is 152 Å². The van der Waals surface area contributed by atoms with E-state index < -0.39 is 0 Å². The van der Waals surface area contributed by atoms with Crippen LogP contribution in [-0.2, 0) is 4.29 Å². The molecule has 62 heavy (non-hydrogen) atoms. The predicted octanol–water partition coefficient (Wildman–Crippen LogP) is 6.33. The van der Waals surface area contributed by atoms with Gasteiger partial charge >= 0.3 is 67.3 Å². The molecule has 1 aromatic carbocycles. The average molecular weight is 918 g/mol. The van der Waals surface area contributed by atoms with E-state index in [9.17, 15) is 0 Å². The Labute approximate surface area is 439 Å². The predicted molar refractivity (Wildman–Crippen MR) is 256 cm³/mol. The van der Waals surface area contributed by atoms with Crippen molar-refractivity contribution in [3.05, 3.63) is 36.4 Å². The first kappa shape index (κ1) is 52.8. The zero-order valence-corrected chi connectivity index (χ0v) is 44.3. The van der Waals surface area contributed by atoms with Crippen LogP contribution < -0.4 is 72.1 Å². The number of halogens is 1. The molecule has 10 rings (SSSR count). The molecule has 0 spiro atoms. The molecule has 346 valence electrons. The summed E-state index contributed by atoms with van der Waals surface area (Å²) < 4.78 is 4.49. The minimum absolute atomic E-state index is 0. The molecule has 5 heterocycles. The third kappa shape index (κ3) is 14.0. The van der Waals surface area contributed by atoms with Crippen LogP contribution in [0.5, 0.6) is 0 Å². The first-order chi connectivity index (χ1) is 29.7.